The molecule has 2 bridgehead atoms. The Morgan fingerprint density at radius 1 is 1.15 bits per heavy atom. The van der Waals surface area contributed by atoms with E-state index in [1.54, 1.807) is 0 Å². The number of rotatable bonds is 1. The topological polar surface area (TPSA) is 48.1 Å². The first-order valence-electron chi connectivity index (χ1n) is 7.42. The van der Waals surface area contributed by atoms with Crippen LogP contribution in [0.3, 0.4) is 0 Å². The van der Waals surface area contributed by atoms with Crippen molar-refractivity contribution in [3.05, 3.63) is 36.0 Å². The van der Waals surface area contributed by atoms with Crippen LogP contribution in [0.25, 0.3) is 10.9 Å². The maximum Gasteiger partial charge on any atom is 0.253 e. The van der Waals surface area contributed by atoms with Crippen molar-refractivity contribution in [2.75, 3.05) is 13.1 Å². The zero-order valence-electron chi connectivity index (χ0n) is 11.4. The van der Waals surface area contributed by atoms with Gasteiger partial charge in [0.05, 0.1) is 0 Å². The molecule has 2 saturated heterocycles. The molecule has 2 atom stereocenters. The Morgan fingerprint density at radius 3 is 3.00 bits per heavy atom. The molecule has 1 aromatic carbocycles. The number of nitrogens with one attached hydrogen (secondary N) is 2. The lowest BCUT2D eigenvalue weighted by Gasteiger charge is -2.24. The van der Waals surface area contributed by atoms with E-state index in [2.05, 4.69) is 10.3 Å². The van der Waals surface area contributed by atoms with Crippen molar-refractivity contribution in [3.63, 3.8) is 0 Å². The van der Waals surface area contributed by atoms with Gasteiger partial charge in [0.2, 0.25) is 0 Å². The summed E-state index contributed by atoms with van der Waals surface area (Å²) >= 11 is 0. The molecule has 0 radical (unpaired) electrons. The lowest BCUT2D eigenvalue weighted by atomic mass is 10.1. The van der Waals surface area contributed by atoms with E-state index in [9.17, 15) is 4.79 Å². The number of aromatic amines is 1. The van der Waals surface area contributed by atoms with Gasteiger partial charge in [-0.3, -0.25) is 4.79 Å². The van der Waals surface area contributed by atoms with E-state index >= 15 is 0 Å². The van der Waals surface area contributed by atoms with Crippen molar-refractivity contribution in [1.29, 1.82) is 0 Å². The SMILES string of the molecule is O=C(c1ccc2cc[nH]c2c1)N1CCC2CCC(C1)N2. The van der Waals surface area contributed by atoms with Crippen LogP contribution in [-0.2, 0) is 0 Å². The highest BCUT2D eigenvalue weighted by Crippen LogP contribution is 2.22. The van der Waals surface area contributed by atoms with Crippen LogP contribution in [0, 0.1) is 0 Å². The zero-order valence-corrected chi connectivity index (χ0v) is 11.4. The second kappa shape index (κ2) is 4.63. The van der Waals surface area contributed by atoms with Gasteiger partial charge >= 0.3 is 0 Å². The first-order chi connectivity index (χ1) is 9.79. The third kappa shape index (κ3) is 2.00. The number of hydrogen-bond donors (Lipinski definition) is 2. The second-order valence-corrected chi connectivity index (χ2v) is 5.96. The molecule has 2 unspecified atom stereocenters. The monoisotopic (exact) mass is 269 g/mol. The molecule has 2 aliphatic heterocycles. The molecular weight excluding hydrogens is 250 g/mol. The van der Waals surface area contributed by atoms with Crippen molar-refractivity contribution in [2.45, 2.75) is 31.3 Å². The number of benzene rings is 1. The van der Waals surface area contributed by atoms with E-state index in [1.165, 1.54) is 12.8 Å². The average molecular weight is 269 g/mol. The van der Waals surface area contributed by atoms with Gasteiger partial charge in [-0.05, 0) is 42.8 Å². The first kappa shape index (κ1) is 12.0. The summed E-state index contributed by atoms with van der Waals surface area (Å²) < 4.78 is 0. The van der Waals surface area contributed by atoms with E-state index in [4.69, 9.17) is 0 Å². The maximum absolute atomic E-state index is 12.7. The molecule has 20 heavy (non-hydrogen) atoms. The predicted octanol–water partition coefficient (Wildman–Crippen LogP) is 2.13. The summed E-state index contributed by atoms with van der Waals surface area (Å²) in [5.74, 6) is 0.163. The molecule has 2 aromatic rings. The number of carbonyl (C=O) groups excluding carboxylic acids is 1. The van der Waals surface area contributed by atoms with E-state index < -0.39 is 0 Å². The number of likely N-dealkylation sites (tertiary alicyclic amines) is 1. The van der Waals surface area contributed by atoms with Gasteiger partial charge in [0.25, 0.3) is 5.91 Å². The van der Waals surface area contributed by atoms with Crippen molar-refractivity contribution in [3.8, 4) is 0 Å². The predicted molar refractivity (Wildman–Crippen MR) is 78.8 cm³/mol. The fourth-order valence-corrected chi connectivity index (χ4v) is 3.49. The minimum atomic E-state index is 0.163. The van der Waals surface area contributed by atoms with Crippen LogP contribution in [0.1, 0.15) is 29.6 Å². The summed E-state index contributed by atoms with van der Waals surface area (Å²) in [6.07, 6.45) is 5.45. The van der Waals surface area contributed by atoms with Gasteiger partial charge in [0, 0.05) is 42.5 Å². The summed E-state index contributed by atoms with van der Waals surface area (Å²) in [6, 6.07) is 9.05. The minimum absolute atomic E-state index is 0.163. The Balaban J connectivity index is 1.59. The van der Waals surface area contributed by atoms with Gasteiger partial charge in [-0.1, -0.05) is 6.07 Å². The Bertz CT molecular complexity index is 648. The third-order valence-electron chi connectivity index (χ3n) is 4.61. The minimum Gasteiger partial charge on any atom is -0.361 e. The van der Waals surface area contributed by atoms with Crippen LogP contribution in [0.4, 0.5) is 0 Å². The Kier molecular flexibility index (Phi) is 2.77. The van der Waals surface area contributed by atoms with Gasteiger partial charge < -0.3 is 15.2 Å². The van der Waals surface area contributed by atoms with Crippen LogP contribution >= 0.6 is 0 Å². The molecule has 0 saturated carbocycles. The van der Waals surface area contributed by atoms with Crippen LogP contribution in [0.5, 0.6) is 0 Å². The van der Waals surface area contributed by atoms with E-state index in [-0.39, 0.29) is 5.91 Å². The summed E-state index contributed by atoms with van der Waals surface area (Å²) in [6.45, 7) is 1.72. The third-order valence-corrected chi connectivity index (χ3v) is 4.61. The highest BCUT2D eigenvalue weighted by atomic mass is 16.2. The van der Waals surface area contributed by atoms with E-state index in [0.717, 1.165) is 36.0 Å². The molecule has 104 valence electrons. The fourth-order valence-electron chi connectivity index (χ4n) is 3.49. The van der Waals surface area contributed by atoms with E-state index in [1.807, 2.05) is 35.4 Å². The number of amides is 1. The van der Waals surface area contributed by atoms with Gasteiger partial charge in [-0.2, -0.15) is 0 Å². The Hall–Kier alpha value is -1.81. The van der Waals surface area contributed by atoms with Gasteiger partial charge in [0.15, 0.2) is 0 Å². The zero-order chi connectivity index (χ0) is 13.5. The van der Waals surface area contributed by atoms with Gasteiger partial charge in [-0.15, -0.1) is 0 Å². The lowest BCUT2D eigenvalue weighted by molar-refractivity contribution is 0.0748. The molecular formula is C16H19N3O. The Labute approximate surface area is 118 Å². The van der Waals surface area contributed by atoms with E-state index in [0.29, 0.717) is 12.1 Å². The smallest absolute Gasteiger partial charge is 0.253 e. The molecule has 4 nitrogen and oxygen atoms in total. The highest BCUT2D eigenvalue weighted by Gasteiger charge is 2.31. The summed E-state index contributed by atoms with van der Waals surface area (Å²) in [5.41, 5.74) is 1.82. The molecule has 0 spiro atoms. The number of hydrogen-bond acceptors (Lipinski definition) is 2. The molecule has 4 heteroatoms. The largest absolute Gasteiger partial charge is 0.361 e. The van der Waals surface area contributed by atoms with Crippen molar-refractivity contribution in [2.24, 2.45) is 0 Å². The quantitative estimate of drug-likeness (QED) is 0.833. The molecule has 3 heterocycles. The number of nitrogens with zero attached hydrogens (tertiary/aromatic N) is 1. The molecule has 2 fully saturated rings. The average Bonchev–Trinajstić information content (AvgIpc) is 3.03. The lowest BCUT2D eigenvalue weighted by Crippen LogP contribution is -2.39. The standard InChI is InChI=1S/C16H19N3O/c20-16(12-2-1-11-5-7-17-15(11)9-12)19-8-6-13-3-4-14(10-19)18-13/h1-2,5,7,9,13-14,17-18H,3-4,6,8,10H2. The number of carbonyl (C=O) groups is 1. The first-order valence-corrected chi connectivity index (χ1v) is 7.42. The van der Waals surface area contributed by atoms with Crippen molar-refractivity contribution < 1.29 is 4.79 Å². The molecule has 1 amide bonds. The van der Waals surface area contributed by atoms with Crippen molar-refractivity contribution >= 4 is 16.8 Å². The molecule has 1 aromatic heterocycles. The van der Waals surface area contributed by atoms with Gasteiger partial charge in [0.1, 0.15) is 0 Å². The van der Waals surface area contributed by atoms with Gasteiger partial charge in [-0.25, -0.2) is 0 Å². The molecule has 0 aliphatic carbocycles. The number of H-pyrrole nitrogens is 1. The molecule has 2 N–H and O–H groups in total. The summed E-state index contributed by atoms with van der Waals surface area (Å²) in [5, 5.41) is 4.77. The molecule has 4 rings (SSSR count). The highest BCUT2D eigenvalue weighted by molar-refractivity contribution is 5.98. The molecule has 2 aliphatic rings. The summed E-state index contributed by atoms with van der Waals surface area (Å²) in [7, 11) is 0. The van der Waals surface area contributed by atoms with Crippen LogP contribution in [0.15, 0.2) is 30.5 Å². The normalized spacial score (nSPS) is 25.9. The number of aromatic nitrogens is 1. The van der Waals surface area contributed by atoms with Crippen molar-refractivity contribution in [1.82, 2.24) is 15.2 Å². The van der Waals surface area contributed by atoms with Crippen LogP contribution in [-0.4, -0.2) is 41.0 Å². The number of fused-ring (bicyclic) bond motifs is 3. The van der Waals surface area contributed by atoms with Crippen LogP contribution < -0.4 is 5.32 Å². The maximum atomic E-state index is 12.7. The van der Waals surface area contributed by atoms with Crippen LogP contribution in [0.2, 0.25) is 0 Å². The Morgan fingerprint density at radius 2 is 2.05 bits per heavy atom. The fraction of sp³-hybridized carbons (Fsp3) is 0.438. The second-order valence-electron chi connectivity index (χ2n) is 5.96. The summed E-state index contributed by atoms with van der Waals surface area (Å²) in [4.78, 5) is 17.9.